The average Bonchev–Trinajstić information content (AvgIpc) is 2.26. The molecule has 1 nitrogen and oxygen atoms in total. The van der Waals surface area contributed by atoms with Gasteiger partial charge in [-0.3, -0.25) is 0 Å². The van der Waals surface area contributed by atoms with Crippen LogP contribution < -0.4 is 5.73 Å². The molecule has 1 atom stereocenters. The minimum Gasteiger partial charge on any atom is -0.330 e. The SMILES string of the molecule is CCSCCC(CN)c1ccc(Cl)cc1. The molecule has 0 spiro atoms. The van der Waals surface area contributed by atoms with Crippen molar-refractivity contribution in [3.63, 3.8) is 0 Å². The summed E-state index contributed by atoms with van der Waals surface area (Å²) in [4.78, 5) is 0. The van der Waals surface area contributed by atoms with Crippen molar-refractivity contribution in [1.29, 1.82) is 0 Å². The summed E-state index contributed by atoms with van der Waals surface area (Å²) in [7, 11) is 0. The second kappa shape index (κ2) is 7.15. The van der Waals surface area contributed by atoms with Crippen LogP contribution in [0.5, 0.6) is 0 Å². The van der Waals surface area contributed by atoms with E-state index in [-0.39, 0.29) is 0 Å². The first-order valence-electron chi connectivity index (χ1n) is 5.31. The number of hydrogen-bond acceptors (Lipinski definition) is 2. The molecular formula is C12H18ClNS. The predicted molar refractivity (Wildman–Crippen MR) is 70.9 cm³/mol. The third-order valence-corrected chi connectivity index (χ3v) is 3.63. The van der Waals surface area contributed by atoms with Crippen molar-refractivity contribution in [2.24, 2.45) is 5.73 Å². The molecule has 0 fully saturated rings. The molecule has 1 aromatic rings. The van der Waals surface area contributed by atoms with E-state index in [9.17, 15) is 0 Å². The van der Waals surface area contributed by atoms with E-state index in [1.165, 1.54) is 17.1 Å². The minimum absolute atomic E-state index is 0.473. The van der Waals surface area contributed by atoms with Crippen LogP contribution in [0.25, 0.3) is 0 Å². The predicted octanol–water partition coefficient (Wildman–Crippen LogP) is 3.53. The molecule has 1 rings (SSSR count). The van der Waals surface area contributed by atoms with Gasteiger partial charge in [0.25, 0.3) is 0 Å². The third-order valence-electron chi connectivity index (χ3n) is 2.44. The van der Waals surface area contributed by atoms with Crippen LogP contribution in [0.4, 0.5) is 0 Å². The van der Waals surface area contributed by atoms with Gasteiger partial charge >= 0.3 is 0 Å². The van der Waals surface area contributed by atoms with Gasteiger partial charge < -0.3 is 5.73 Å². The molecule has 0 heterocycles. The second-order valence-electron chi connectivity index (χ2n) is 3.47. The fourth-order valence-corrected chi connectivity index (χ4v) is 2.39. The Morgan fingerprint density at radius 3 is 2.53 bits per heavy atom. The highest BCUT2D eigenvalue weighted by molar-refractivity contribution is 7.99. The molecule has 1 aromatic carbocycles. The van der Waals surface area contributed by atoms with Gasteiger partial charge in [0.2, 0.25) is 0 Å². The summed E-state index contributed by atoms with van der Waals surface area (Å²) >= 11 is 7.82. The number of nitrogens with two attached hydrogens (primary N) is 1. The number of halogens is 1. The van der Waals surface area contributed by atoms with Crippen molar-refractivity contribution in [3.05, 3.63) is 34.9 Å². The lowest BCUT2D eigenvalue weighted by Crippen LogP contribution is -2.13. The Kier molecular flexibility index (Phi) is 6.15. The van der Waals surface area contributed by atoms with Gasteiger partial charge in [-0.15, -0.1) is 0 Å². The van der Waals surface area contributed by atoms with Gasteiger partial charge in [0.05, 0.1) is 0 Å². The van der Waals surface area contributed by atoms with Crippen molar-refractivity contribution in [1.82, 2.24) is 0 Å². The van der Waals surface area contributed by atoms with E-state index >= 15 is 0 Å². The van der Waals surface area contributed by atoms with Crippen LogP contribution >= 0.6 is 23.4 Å². The summed E-state index contributed by atoms with van der Waals surface area (Å²) in [5.41, 5.74) is 7.09. The van der Waals surface area contributed by atoms with E-state index in [0.29, 0.717) is 12.5 Å². The summed E-state index contributed by atoms with van der Waals surface area (Å²) in [5.74, 6) is 2.83. The van der Waals surface area contributed by atoms with Crippen LogP contribution in [-0.4, -0.2) is 18.1 Å². The molecule has 0 aliphatic heterocycles. The lowest BCUT2D eigenvalue weighted by molar-refractivity contribution is 0.680. The highest BCUT2D eigenvalue weighted by Gasteiger charge is 2.08. The Hall–Kier alpha value is -0.180. The molecule has 1 unspecified atom stereocenters. The van der Waals surface area contributed by atoms with E-state index in [2.05, 4.69) is 19.1 Å². The average molecular weight is 244 g/mol. The number of benzene rings is 1. The third kappa shape index (κ3) is 4.45. The molecular weight excluding hydrogens is 226 g/mol. The summed E-state index contributed by atoms with van der Waals surface area (Å²) in [5, 5.41) is 0.789. The zero-order valence-corrected chi connectivity index (χ0v) is 10.7. The number of thioether (sulfide) groups is 1. The zero-order chi connectivity index (χ0) is 11.1. The van der Waals surface area contributed by atoms with Crippen LogP contribution in [0.15, 0.2) is 24.3 Å². The van der Waals surface area contributed by atoms with Gasteiger partial charge in [-0.05, 0) is 48.1 Å². The standard InChI is InChI=1S/C12H18ClNS/c1-2-15-8-7-11(9-14)10-3-5-12(13)6-4-10/h3-6,11H,2,7-9,14H2,1H3. The van der Waals surface area contributed by atoms with Crippen LogP contribution in [0.2, 0.25) is 5.02 Å². The van der Waals surface area contributed by atoms with Crippen molar-refractivity contribution in [2.45, 2.75) is 19.3 Å². The summed E-state index contributed by atoms with van der Waals surface area (Å²) in [6, 6.07) is 8.03. The van der Waals surface area contributed by atoms with Crippen molar-refractivity contribution in [3.8, 4) is 0 Å². The molecule has 2 N–H and O–H groups in total. The van der Waals surface area contributed by atoms with Gasteiger partial charge in [-0.2, -0.15) is 11.8 Å². The van der Waals surface area contributed by atoms with Crippen LogP contribution in [0.1, 0.15) is 24.8 Å². The largest absolute Gasteiger partial charge is 0.330 e. The maximum atomic E-state index is 5.85. The molecule has 0 aliphatic rings. The normalized spacial score (nSPS) is 12.7. The molecule has 0 aliphatic carbocycles. The summed E-state index contributed by atoms with van der Waals surface area (Å²) in [6.07, 6.45) is 1.15. The van der Waals surface area contributed by atoms with Crippen LogP contribution in [0.3, 0.4) is 0 Å². The van der Waals surface area contributed by atoms with Gasteiger partial charge in [0.1, 0.15) is 0 Å². The number of hydrogen-bond donors (Lipinski definition) is 1. The monoisotopic (exact) mass is 243 g/mol. The summed E-state index contributed by atoms with van der Waals surface area (Å²) < 4.78 is 0. The van der Waals surface area contributed by atoms with Crippen molar-refractivity contribution in [2.75, 3.05) is 18.1 Å². The Morgan fingerprint density at radius 2 is 2.00 bits per heavy atom. The molecule has 0 aromatic heterocycles. The molecule has 15 heavy (non-hydrogen) atoms. The molecule has 0 radical (unpaired) electrons. The topological polar surface area (TPSA) is 26.0 Å². The quantitative estimate of drug-likeness (QED) is 0.774. The highest BCUT2D eigenvalue weighted by atomic mass is 35.5. The smallest absolute Gasteiger partial charge is 0.0406 e. The molecule has 0 bridgehead atoms. The van der Waals surface area contributed by atoms with Crippen LogP contribution in [0, 0.1) is 0 Å². The van der Waals surface area contributed by atoms with Gasteiger partial charge in [-0.1, -0.05) is 30.7 Å². The first kappa shape index (κ1) is 12.9. The maximum absolute atomic E-state index is 5.85. The van der Waals surface area contributed by atoms with E-state index in [1.807, 2.05) is 23.9 Å². The molecule has 0 saturated carbocycles. The van der Waals surface area contributed by atoms with Crippen molar-refractivity contribution < 1.29 is 0 Å². The zero-order valence-electron chi connectivity index (χ0n) is 9.08. The van der Waals surface area contributed by atoms with E-state index < -0.39 is 0 Å². The lowest BCUT2D eigenvalue weighted by atomic mass is 9.97. The minimum atomic E-state index is 0.473. The second-order valence-corrected chi connectivity index (χ2v) is 5.30. The Bertz CT molecular complexity index is 273. The Balaban J connectivity index is 2.53. The lowest BCUT2D eigenvalue weighted by Gasteiger charge is -2.14. The highest BCUT2D eigenvalue weighted by Crippen LogP contribution is 2.22. The fraction of sp³-hybridized carbons (Fsp3) is 0.500. The van der Waals surface area contributed by atoms with E-state index in [1.54, 1.807) is 0 Å². The van der Waals surface area contributed by atoms with E-state index in [0.717, 1.165) is 11.4 Å². The molecule has 84 valence electrons. The molecule has 3 heteroatoms. The first-order chi connectivity index (χ1) is 7.27. The fourth-order valence-electron chi connectivity index (χ4n) is 1.53. The summed E-state index contributed by atoms with van der Waals surface area (Å²) in [6.45, 7) is 2.90. The molecule has 0 amide bonds. The number of rotatable bonds is 6. The van der Waals surface area contributed by atoms with E-state index in [4.69, 9.17) is 17.3 Å². The first-order valence-corrected chi connectivity index (χ1v) is 6.84. The van der Waals surface area contributed by atoms with Crippen molar-refractivity contribution >= 4 is 23.4 Å². The van der Waals surface area contributed by atoms with Gasteiger partial charge in [0, 0.05) is 5.02 Å². The molecule has 0 saturated heterocycles. The van der Waals surface area contributed by atoms with Crippen LogP contribution in [-0.2, 0) is 0 Å². The maximum Gasteiger partial charge on any atom is 0.0406 e. The Labute approximate surface area is 101 Å². The van der Waals surface area contributed by atoms with Gasteiger partial charge in [0.15, 0.2) is 0 Å². The van der Waals surface area contributed by atoms with Gasteiger partial charge in [-0.25, -0.2) is 0 Å². The Morgan fingerprint density at radius 1 is 1.33 bits per heavy atom.